The van der Waals surface area contributed by atoms with Crippen molar-refractivity contribution >= 4 is 28.9 Å². The van der Waals surface area contributed by atoms with Crippen LogP contribution in [-0.2, 0) is 11.3 Å². The zero-order valence-corrected chi connectivity index (χ0v) is 17.5. The number of benzene rings is 2. The first-order valence-corrected chi connectivity index (χ1v) is 10.3. The molecule has 1 fully saturated rings. The van der Waals surface area contributed by atoms with Gasteiger partial charge >= 0.3 is 0 Å². The van der Waals surface area contributed by atoms with Crippen LogP contribution in [0.2, 0.25) is 0 Å². The van der Waals surface area contributed by atoms with Crippen molar-refractivity contribution in [1.29, 1.82) is 0 Å². The summed E-state index contributed by atoms with van der Waals surface area (Å²) in [7, 11) is 0. The Balaban J connectivity index is 1.50. The zero-order chi connectivity index (χ0) is 20.5. The molecule has 1 saturated heterocycles. The van der Waals surface area contributed by atoms with Gasteiger partial charge in [0.25, 0.3) is 5.91 Å². The summed E-state index contributed by atoms with van der Waals surface area (Å²) in [5, 5.41) is 6.03. The van der Waals surface area contributed by atoms with Crippen LogP contribution in [0.5, 0.6) is 5.75 Å². The third-order valence-corrected chi connectivity index (χ3v) is 4.72. The molecule has 0 saturated carbocycles. The molecule has 29 heavy (non-hydrogen) atoms. The van der Waals surface area contributed by atoms with E-state index in [0.29, 0.717) is 17.9 Å². The first kappa shape index (κ1) is 21.2. The molecule has 1 aliphatic rings. The molecule has 7 heteroatoms. The topological polar surface area (TPSA) is 62.8 Å². The minimum atomic E-state index is -0.270. The number of carbonyl (C=O) groups is 1. The van der Waals surface area contributed by atoms with E-state index in [4.69, 9.17) is 21.7 Å². The second-order valence-corrected chi connectivity index (χ2v) is 7.28. The highest BCUT2D eigenvalue weighted by Gasteiger charge is 2.11. The maximum Gasteiger partial charge on any atom is 0.257 e. The van der Waals surface area contributed by atoms with E-state index in [9.17, 15) is 4.79 Å². The molecule has 0 aromatic heterocycles. The first-order valence-electron chi connectivity index (χ1n) is 9.88. The van der Waals surface area contributed by atoms with Crippen molar-refractivity contribution in [2.24, 2.45) is 0 Å². The standard InChI is InChI=1S/C22H27N3O3S/c1-2-12-28-20-5-3-4-18(15-20)21(26)24-22(29)23-19-8-6-17(7-9-19)16-25-10-13-27-14-11-25/h3-9,15H,2,10-14,16H2,1H3,(H2,23,24,26,29). The van der Waals surface area contributed by atoms with Crippen LogP contribution >= 0.6 is 12.2 Å². The smallest absolute Gasteiger partial charge is 0.257 e. The zero-order valence-electron chi connectivity index (χ0n) is 16.6. The lowest BCUT2D eigenvalue weighted by Gasteiger charge is -2.26. The number of nitrogens with one attached hydrogen (secondary N) is 2. The molecule has 2 aromatic carbocycles. The van der Waals surface area contributed by atoms with Crippen LogP contribution in [0.15, 0.2) is 48.5 Å². The third-order valence-electron chi connectivity index (χ3n) is 4.52. The summed E-state index contributed by atoms with van der Waals surface area (Å²) >= 11 is 5.28. The summed E-state index contributed by atoms with van der Waals surface area (Å²) in [6.07, 6.45) is 0.912. The van der Waals surface area contributed by atoms with Gasteiger partial charge in [-0.2, -0.15) is 0 Å². The lowest BCUT2D eigenvalue weighted by Crippen LogP contribution is -2.35. The van der Waals surface area contributed by atoms with Crippen LogP contribution in [0, 0.1) is 0 Å². The summed E-state index contributed by atoms with van der Waals surface area (Å²) < 4.78 is 11.0. The van der Waals surface area contributed by atoms with Crippen LogP contribution in [0.1, 0.15) is 29.3 Å². The molecule has 0 aliphatic carbocycles. The van der Waals surface area contributed by atoms with Gasteiger partial charge in [0, 0.05) is 30.9 Å². The van der Waals surface area contributed by atoms with Crippen LogP contribution in [0.25, 0.3) is 0 Å². The van der Waals surface area contributed by atoms with Gasteiger partial charge in [0.2, 0.25) is 0 Å². The number of nitrogens with zero attached hydrogens (tertiary/aromatic N) is 1. The molecule has 0 radical (unpaired) electrons. The van der Waals surface area contributed by atoms with Gasteiger partial charge in [-0.1, -0.05) is 25.1 Å². The monoisotopic (exact) mass is 413 g/mol. The van der Waals surface area contributed by atoms with Crippen molar-refractivity contribution in [3.8, 4) is 5.75 Å². The molecule has 0 bridgehead atoms. The van der Waals surface area contributed by atoms with Crippen LogP contribution in [0.3, 0.4) is 0 Å². The molecule has 0 unspecified atom stereocenters. The summed E-state index contributed by atoms with van der Waals surface area (Å²) in [5.74, 6) is 0.405. The van der Waals surface area contributed by atoms with E-state index in [0.717, 1.165) is 45.0 Å². The molecule has 2 N–H and O–H groups in total. The van der Waals surface area contributed by atoms with E-state index in [1.54, 1.807) is 18.2 Å². The Morgan fingerprint density at radius 2 is 1.93 bits per heavy atom. The molecule has 1 aliphatic heterocycles. The Morgan fingerprint density at radius 3 is 2.66 bits per heavy atom. The fourth-order valence-electron chi connectivity index (χ4n) is 3.00. The average Bonchev–Trinajstić information content (AvgIpc) is 2.74. The van der Waals surface area contributed by atoms with Crippen LogP contribution in [0.4, 0.5) is 5.69 Å². The van der Waals surface area contributed by atoms with Crippen molar-refractivity contribution in [2.45, 2.75) is 19.9 Å². The Labute approximate surface area is 177 Å². The van der Waals surface area contributed by atoms with E-state index in [1.807, 2.05) is 25.1 Å². The highest BCUT2D eigenvalue weighted by Crippen LogP contribution is 2.15. The minimum absolute atomic E-state index is 0.260. The van der Waals surface area contributed by atoms with E-state index in [1.165, 1.54) is 5.56 Å². The maximum absolute atomic E-state index is 12.4. The second kappa shape index (κ2) is 10.9. The highest BCUT2D eigenvalue weighted by molar-refractivity contribution is 7.80. The molecule has 1 amide bonds. The Kier molecular flexibility index (Phi) is 7.98. The molecule has 154 valence electrons. The molecule has 3 rings (SSSR count). The normalized spacial score (nSPS) is 14.2. The van der Waals surface area contributed by atoms with Gasteiger partial charge in [-0.15, -0.1) is 0 Å². The number of morpholine rings is 1. The van der Waals surface area contributed by atoms with E-state index >= 15 is 0 Å². The summed E-state index contributed by atoms with van der Waals surface area (Å²) in [5.41, 5.74) is 2.57. The SMILES string of the molecule is CCCOc1cccc(C(=O)NC(=S)Nc2ccc(CN3CCOCC3)cc2)c1. The number of ether oxygens (including phenoxy) is 2. The van der Waals surface area contributed by atoms with Crippen LogP contribution in [-0.4, -0.2) is 48.8 Å². The number of anilines is 1. The first-order chi connectivity index (χ1) is 14.1. The van der Waals surface area contributed by atoms with Crippen molar-refractivity contribution in [1.82, 2.24) is 10.2 Å². The number of rotatable bonds is 7. The lowest BCUT2D eigenvalue weighted by molar-refractivity contribution is 0.0342. The summed E-state index contributed by atoms with van der Waals surface area (Å²) in [6.45, 7) is 7.06. The van der Waals surface area contributed by atoms with Gasteiger partial charge < -0.3 is 14.8 Å². The molecule has 0 atom stereocenters. The highest BCUT2D eigenvalue weighted by atomic mass is 32.1. The van der Waals surface area contributed by atoms with Gasteiger partial charge in [0.05, 0.1) is 19.8 Å². The largest absolute Gasteiger partial charge is 0.494 e. The molecule has 0 spiro atoms. The number of carbonyl (C=O) groups excluding carboxylic acids is 1. The van der Waals surface area contributed by atoms with Crippen molar-refractivity contribution in [3.05, 3.63) is 59.7 Å². The average molecular weight is 414 g/mol. The number of thiocarbonyl (C=S) groups is 1. The van der Waals surface area contributed by atoms with E-state index < -0.39 is 0 Å². The molecule has 1 heterocycles. The van der Waals surface area contributed by atoms with E-state index in [2.05, 4.69) is 27.7 Å². The fourth-order valence-corrected chi connectivity index (χ4v) is 3.21. The molecular weight excluding hydrogens is 386 g/mol. The lowest BCUT2D eigenvalue weighted by atomic mass is 10.2. The second-order valence-electron chi connectivity index (χ2n) is 6.87. The Hall–Kier alpha value is -2.48. The van der Waals surface area contributed by atoms with Crippen molar-refractivity contribution in [2.75, 3.05) is 38.2 Å². The number of amides is 1. The molecule has 6 nitrogen and oxygen atoms in total. The fraction of sp³-hybridized carbons (Fsp3) is 0.364. The Bertz CT molecular complexity index is 820. The predicted octanol–water partition coefficient (Wildman–Crippen LogP) is 3.43. The quantitative estimate of drug-likeness (QED) is 0.678. The van der Waals surface area contributed by atoms with Gasteiger partial charge in [-0.3, -0.25) is 15.0 Å². The summed E-state index contributed by atoms with van der Waals surface area (Å²) in [6, 6.07) is 15.1. The van der Waals surface area contributed by atoms with Crippen LogP contribution < -0.4 is 15.4 Å². The van der Waals surface area contributed by atoms with Gasteiger partial charge in [-0.05, 0) is 54.5 Å². The molecular formula is C22H27N3O3S. The van der Waals surface area contributed by atoms with Gasteiger partial charge in [0.15, 0.2) is 5.11 Å². The third kappa shape index (κ3) is 6.81. The Morgan fingerprint density at radius 1 is 1.17 bits per heavy atom. The summed E-state index contributed by atoms with van der Waals surface area (Å²) in [4.78, 5) is 14.8. The van der Waals surface area contributed by atoms with E-state index in [-0.39, 0.29) is 11.0 Å². The van der Waals surface area contributed by atoms with Crippen molar-refractivity contribution in [3.63, 3.8) is 0 Å². The van der Waals surface area contributed by atoms with Gasteiger partial charge in [0.1, 0.15) is 5.75 Å². The maximum atomic E-state index is 12.4. The van der Waals surface area contributed by atoms with Crippen molar-refractivity contribution < 1.29 is 14.3 Å². The predicted molar refractivity (Wildman–Crippen MR) is 118 cm³/mol. The molecule has 2 aromatic rings. The number of hydrogen-bond acceptors (Lipinski definition) is 5. The number of hydrogen-bond donors (Lipinski definition) is 2. The van der Waals surface area contributed by atoms with Gasteiger partial charge in [-0.25, -0.2) is 0 Å². The minimum Gasteiger partial charge on any atom is -0.494 e.